The van der Waals surface area contributed by atoms with Gasteiger partial charge in [0, 0.05) is 12.1 Å². The van der Waals surface area contributed by atoms with E-state index in [2.05, 4.69) is 10.2 Å². The number of methoxy groups -OCH3 is 1. The van der Waals surface area contributed by atoms with E-state index in [4.69, 9.17) is 10.5 Å². The number of Topliss-reactive ketones (excluding diaryl/α,β-unsaturated/α-hetero) is 1. The summed E-state index contributed by atoms with van der Waals surface area (Å²) in [7, 11) is 1.32. The number of ketones is 1. The molecule has 0 fully saturated rings. The molecule has 246 valence electrons. The minimum atomic E-state index is -5.58. The average molecular weight is 649 g/mol. The number of alkyl halides is 6. The Morgan fingerprint density at radius 3 is 1.82 bits per heavy atom. The van der Waals surface area contributed by atoms with Gasteiger partial charge in [0.25, 0.3) is 11.7 Å². The second-order valence-electron chi connectivity index (χ2n) is 9.89. The van der Waals surface area contributed by atoms with Crippen LogP contribution in [0.15, 0.2) is 48.5 Å². The lowest BCUT2D eigenvalue weighted by Crippen LogP contribution is -2.55. The maximum absolute atomic E-state index is 13.3. The highest BCUT2D eigenvalue weighted by Gasteiger charge is 2.47. The van der Waals surface area contributed by atoms with Gasteiger partial charge in [-0.05, 0) is 48.2 Å². The van der Waals surface area contributed by atoms with E-state index < -0.39 is 65.9 Å². The highest BCUT2D eigenvalue weighted by molar-refractivity contribution is 5.99. The van der Waals surface area contributed by atoms with Gasteiger partial charge in [0.2, 0.25) is 11.8 Å². The van der Waals surface area contributed by atoms with Crippen LogP contribution in [0.3, 0.4) is 0 Å². The van der Waals surface area contributed by atoms with Crippen molar-refractivity contribution in [2.45, 2.75) is 57.8 Å². The van der Waals surface area contributed by atoms with Crippen molar-refractivity contribution in [1.82, 2.24) is 15.7 Å². The Morgan fingerprint density at radius 1 is 0.822 bits per heavy atom. The molecule has 45 heavy (non-hydrogen) atoms. The summed E-state index contributed by atoms with van der Waals surface area (Å²) in [5.41, 5.74) is 5.67. The Kier molecular flexibility index (Phi) is 12.1. The minimum Gasteiger partial charge on any atom is -0.497 e. The van der Waals surface area contributed by atoms with Gasteiger partial charge in [-0.1, -0.05) is 38.1 Å². The summed E-state index contributed by atoms with van der Waals surface area (Å²) < 4.78 is 83.9. The fourth-order valence-electron chi connectivity index (χ4n) is 3.76. The Hall–Kier alpha value is -4.67. The molecule has 0 spiro atoms. The zero-order valence-electron chi connectivity index (χ0n) is 24.3. The lowest BCUT2D eigenvalue weighted by molar-refractivity contribution is -0.233. The van der Waals surface area contributed by atoms with Crippen LogP contribution < -0.4 is 21.1 Å². The molecule has 0 radical (unpaired) electrons. The standard InChI is InChI=1S/C28H30F6N4O7/c1-14(2)20(22(39)27(29,30)31)36-24(41)21(17-9-11-19(44-4)12-10-17)37-23(40)15(3)38(45-26(43)28(32,33)34)25(42)18-7-5-16(13-35)6-8-18/h5-12,14-15,20-21H,13,35H2,1-4H3,(H,36,41)(H,37,40)/t15-,20-,21-/m0/s1. The van der Waals surface area contributed by atoms with Gasteiger partial charge in [0.15, 0.2) is 0 Å². The monoisotopic (exact) mass is 648 g/mol. The minimum absolute atomic E-state index is 0.0566. The maximum atomic E-state index is 13.3. The van der Waals surface area contributed by atoms with E-state index in [0.717, 1.165) is 19.1 Å². The highest BCUT2D eigenvalue weighted by Crippen LogP contribution is 2.24. The first-order valence-electron chi connectivity index (χ1n) is 13.1. The highest BCUT2D eigenvalue weighted by atomic mass is 19.4. The number of halogens is 6. The van der Waals surface area contributed by atoms with Crippen molar-refractivity contribution in [3.63, 3.8) is 0 Å². The summed E-state index contributed by atoms with van der Waals surface area (Å²) in [5, 5.41) is 3.94. The molecule has 0 bridgehead atoms. The lowest BCUT2D eigenvalue weighted by Gasteiger charge is -2.29. The van der Waals surface area contributed by atoms with E-state index in [1.807, 2.05) is 5.32 Å². The van der Waals surface area contributed by atoms with E-state index in [0.29, 0.717) is 5.56 Å². The van der Waals surface area contributed by atoms with Gasteiger partial charge >= 0.3 is 18.3 Å². The van der Waals surface area contributed by atoms with Gasteiger partial charge in [0.1, 0.15) is 17.8 Å². The summed E-state index contributed by atoms with van der Waals surface area (Å²) in [6.45, 7) is 3.39. The molecule has 0 aromatic heterocycles. The van der Waals surface area contributed by atoms with Gasteiger partial charge in [-0.25, -0.2) is 4.79 Å². The van der Waals surface area contributed by atoms with Gasteiger partial charge in [-0.2, -0.15) is 31.4 Å². The Balaban J connectivity index is 2.50. The third-order valence-electron chi connectivity index (χ3n) is 6.30. The molecule has 3 atom stereocenters. The molecular weight excluding hydrogens is 618 g/mol. The molecule has 0 aliphatic rings. The molecule has 0 saturated heterocycles. The topological polar surface area (TPSA) is 157 Å². The molecule has 0 saturated carbocycles. The maximum Gasteiger partial charge on any atom is 0.493 e. The van der Waals surface area contributed by atoms with Crippen molar-refractivity contribution in [3.8, 4) is 5.75 Å². The van der Waals surface area contributed by atoms with Crippen molar-refractivity contribution in [2.75, 3.05) is 7.11 Å². The first-order chi connectivity index (χ1) is 20.8. The van der Waals surface area contributed by atoms with E-state index in [1.54, 1.807) is 0 Å². The molecule has 0 aliphatic heterocycles. The summed E-state index contributed by atoms with van der Waals surface area (Å²) in [6.07, 6.45) is -10.9. The SMILES string of the molecule is COc1ccc([C@H](NC(=O)[C@H](C)N(OC(=O)C(F)(F)F)C(=O)c2ccc(CN)cc2)C(=O)N[C@H](C(=O)C(F)(F)F)C(C)C)cc1. The zero-order valence-corrected chi connectivity index (χ0v) is 24.3. The van der Waals surface area contributed by atoms with E-state index in [9.17, 15) is 50.3 Å². The van der Waals surface area contributed by atoms with Crippen molar-refractivity contribution >= 4 is 29.5 Å². The van der Waals surface area contributed by atoms with Crippen molar-refractivity contribution in [1.29, 1.82) is 0 Å². The smallest absolute Gasteiger partial charge is 0.493 e. The summed E-state index contributed by atoms with van der Waals surface area (Å²) in [5.74, 6) is -9.92. The largest absolute Gasteiger partial charge is 0.497 e. The molecule has 0 aliphatic carbocycles. The van der Waals surface area contributed by atoms with Crippen LogP contribution in [0.1, 0.15) is 48.3 Å². The average Bonchev–Trinajstić information content (AvgIpc) is 2.98. The zero-order chi connectivity index (χ0) is 34.3. The number of carbonyl (C=O) groups excluding carboxylic acids is 5. The van der Waals surface area contributed by atoms with Crippen LogP contribution in [0, 0.1) is 5.92 Å². The number of amides is 3. The normalized spacial score (nSPS) is 13.7. The molecule has 3 amide bonds. The molecule has 17 heteroatoms. The fourth-order valence-corrected chi connectivity index (χ4v) is 3.76. The third-order valence-corrected chi connectivity index (χ3v) is 6.30. The van der Waals surface area contributed by atoms with Crippen molar-refractivity contribution < 1.29 is 59.9 Å². The van der Waals surface area contributed by atoms with Crippen LogP contribution >= 0.6 is 0 Å². The van der Waals surface area contributed by atoms with Crippen LogP contribution in [0.25, 0.3) is 0 Å². The molecular formula is C28H30F6N4O7. The number of nitrogens with one attached hydrogen (secondary N) is 2. The van der Waals surface area contributed by atoms with Crippen LogP contribution in [0.2, 0.25) is 0 Å². The van der Waals surface area contributed by atoms with Gasteiger partial charge in [0.05, 0.1) is 13.2 Å². The third kappa shape index (κ3) is 9.66. The number of rotatable bonds is 11. The summed E-state index contributed by atoms with van der Waals surface area (Å²) in [6, 6.07) is 4.22. The molecule has 0 unspecified atom stereocenters. The number of nitrogens with two attached hydrogens (primary N) is 1. The van der Waals surface area contributed by atoms with Crippen LogP contribution in [-0.4, -0.2) is 66.1 Å². The van der Waals surface area contributed by atoms with Crippen molar-refractivity contribution in [2.24, 2.45) is 11.7 Å². The predicted molar refractivity (Wildman–Crippen MR) is 144 cm³/mol. The molecule has 2 aromatic carbocycles. The Labute approximate surface area is 253 Å². The van der Waals surface area contributed by atoms with E-state index in [-0.39, 0.29) is 28.5 Å². The summed E-state index contributed by atoms with van der Waals surface area (Å²) >= 11 is 0. The molecule has 0 heterocycles. The van der Waals surface area contributed by atoms with Gasteiger partial charge < -0.3 is 25.9 Å². The number of benzene rings is 2. The summed E-state index contributed by atoms with van der Waals surface area (Å²) in [4.78, 5) is 67.7. The Bertz CT molecular complexity index is 1380. The van der Waals surface area contributed by atoms with Crippen LogP contribution in [0.4, 0.5) is 26.3 Å². The molecule has 4 N–H and O–H groups in total. The molecule has 2 aromatic rings. The predicted octanol–water partition coefficient (Wildman–Crippen LogP) is 3.13. The van der Waals surface area contributed by atoms with Crippen LogP contribution in [0.5, 0.6) is 5.75 Å². The number of hydrogen-bond donors (Lipinski definition) is 3. The first kappa shape index (κ1) is 36.5. The van der Waals surface area contributed by atoms with Crippen molar-refractivity contribution in [3.05, 3.63) is 65.2 Å². The Morgan fingerprint density at radius 2 is 1.38 bits per heavy atom. The van der Waals surface area contributed by atoms with Crippen LogP contribution in [-0.2, 0) is 30.6 Å². The van der Waals surface area contributed by atoms with E-state index in [1.165, 1.54) is 57.4 Å². The number of ether oxygens (including phenoxy) is 1. The number of nitrogens with zero attached hydrogens (tertiary/aromatic N) is 1. The fraction of sp³-hybridized carbons (Fsp3) is 0.393. The first-order valence-corrected chi connectivity index (χ1v) is 13.1. The molecule has 11 nitrogen and oxygen atoms in total. The second-order valence-corrected chi connectivity index (χ2v) is 9.89. The van der Waals surface area contributed by atoms with E-state index >= 15 is 0 Å². The second kappa shape index (κ2) is 14.9. The van der Waals surface area contributed by atoms with Gasteiger partial charge in [-0.15, -0.1) is 0 Å². The lowest BCUT2D eigenvalue weighted by atomic mass is 9.97. The quantitative estimate of drug-likeness (QED) is 0.248. The number of hydroxylamine groups is 2. The number of hydrogen-bond acceptors (Lipinski definition) is 8. The van der Waals surface area contributed by atoms with Gasteiger partial charge in [-0.3, -0.25) is 19.2 Å². The molecule has 2 rings (SSSR count). The number of carbonyl (C=O) groups is 5.